The van der Waals surface area contributed by atoms with Crippen molar-refractivity contribution in [2.24, 2.45) is 17.6 Å². The number of β-amino-alcohol motifs (C(OH)–C–C–N with tert-alkyl or cyclic N) is 1. The average molecular weight is 998 g/mol. The first-order chi connectivity index (χ1) is 34.4. The average Bonchev–Trinajstić information content (AvgIpc) is 3.82. The van der Waals surface area contributed by atoms with Crippen molar-refractivity contribution in [3.05, 3.63) is 108 Å². The fourth-order valence-electron chi connectivity index (χ4n) is 8.55. The van der Waals surface area contributed by atoms with Gasteiger partial charge in [0.2, 0.25) is 47.3 Å². The van der Waals surface area contributed by atoms with Gasteiger partial charge in [-0.2, -0.15) is 0 Å². The molecule has 0 aromatic heterocycles. The first kappa shape index (κ1) is 57.9. The van der Waals surface area contributed by atoms with Crippen LogP contribution in [0.2, 0.25) is 0 Å². The zero-order chi connectivity index (χ0) is 52.7. The van der Waals surface area contributed by atoms with Crippen LogP contribution in [0.3, 0.4) is 0 Å². The van der Waals surface area contributed by atoms with Crippen LogP contribution in [0.25, 0.3) is 0 Å². The molecule has 1 aliphatic heterocycles. The quantitative estimate of drug-likeness (QED) is 0.0476. The number of likely N-dealkylation sites (tertiary alicyclic amines) is 1. The molecule has 1 heterocycles. The van der Waals surface area contributed by atoms with Crippen LogP contribution in [0.5, 0.6) is 0 Å². The summed E-state index contributed by atoms with van der Waals surface area (Å²) in [6.07, 6.45) is 0.125. The third kappa shape index (κ3) is 19.1. The highest BCUT2D eigenvalue weighted by Gasteiger charge is 2.38. The Morgan fingerprint density at radius 2 is 1.22 bits per heavy atom. The molecular weight excluding hydrogens is 923 g/mol. The van der Waals surface area contributed by atoms with E-state index in [4.69, 9.17) is 10.5 Å². The summed E-state index contributed by atoms with van der Waals surface area (Å²) >= 11 is 0. The van der Waals surface area contributed by atoms with Gasteiger partial charge in [-0.3, -0.25) is 43.3 Å². The van der Waals surface area contributed by atoms with Crippen LogP contribution in [-0.4, -0.2) is 132 Å². The van der Waals surface area contributed by atoms with Gasteiger partial charge in [-0.25, -0.2) is 0 Å². The largest absolute Gasteiger partial charge is 0.390 e. The van der Waals surface area contributed by atoms with Crippen molar-refractivity contribution < 1.29 is 48.2 Å². The number of carbonyl (C=O) groups is 8. The lowest BCUT2D eigenvalue weighted by Crippen LogP contribution is -2.60. The van der Waals surface area contributed by atoms with E-state index in [0.29, 0.717) is 25.8 Å². The Morgan fingerprint density at radius 1 is 0.681 bits per heavy atom. The maximum Gasteiger partial charge on any atom is 0.245 e. The number of likely N-dealkylation sites (N-methyl/N-ethyl adjacent to an activating group) is 1. The second kappa shape index (κ2) is 29.6. The molecule has 1 fully saturated rings. The number of amides is 8. The number of nitrogens with two attached hydrogens (primary N) is 1. The molecule has 72 heavy (non-hydrogen) atoms. The van der Waals surface area contributed by atoms with Gasteiger partial charge in [0.15, 0.2) is 0 Å². The maximum absolute atomic E-state index is 14.2. The van der Waals surface area contributed by atoms with E-state index < -0.39 is 96.2 Å². The molecule has 0 radical (unpaired) electrons. The van der Waals surface area contributed by atoms with Crippen molar-refractivity contribution in [3.8, 4) is 0 Å². The van der Waals surface area contributed by atoms with Crippen LogP contribution in [0.15, 0.2) is 91.0 Å². The van der Waals surface area contributed by atoms with E-state index in [2.05, 4.69) is 37.2 Å². The van der Waals surface area contributed by atoms with Crippen molar-refractivity contribution in [1.29, 1.82) is 0 Å². The van der Waals surface area contributed by atoms with Gasteiger partial charge in [0.05, 0.1) is 37.8 Å². The molecule has 1 saturated heterocycles. The molecule has 0 saturated carbocycles. The van der Waals surface area contributed by atoms with Crippen LogP contribution < -0.4 is 43.0 Å². The summed E-state index contributed by atoms with van der Waals surface area (Å²) in [7, 11) is 1.49. The normalized spacial score (nSPS) is 16.9. The SMILES string of the molecule is CCC(C)[C@H](NC(=O)[C@@H]1CCCN1CC(O)[C@H](Cc1ccccc1)NC(=O)[C@H](CC(N)=O)NC(=O)[C@H](CC(C)C)NC(=O)[C@H](COCc1ccccc1)NC(C)=O)C(=O)N[C@@H](Cc1ccccc1)C(=O)NC. The van der Waals surface area contributed by atoms with E-state index in [0.717, 1.165) is 16.7 Å². The highest BCUT2D eigenvalue weighted by atomic mass is 16.5. The molecule has 2 unspecified atom stereocenters. The van der Waals surface area contributed by atoms with Gasteiger partial charge in [0, 0.05) is 26.9 Å². The molecule has 0 aliphatic carbocycles. The van der Waals surface area contributed by atoms with E-state index in [1.807, 2.05) is 107 Å². The molecule has 8 amide bonds. The Hall–Kier alpha value is -6.70. The monoisotopic (exact) mass is 998 g/mol. The number of ether oxygens (including phenoxy) is 1. The number of aliphatic hydroxyl groups is 1. The summed E-state index contributed by atoms with van der Waals surface area (Å²) in [5, 5.41) is 31.1. The first-order valence-electron chi connectivity index (χ1n) is 24.8. The topological polar surface area (TPSA) is 279 Å². The zero-order valence-electron chi connectivity index (χ0n) is 42.4. The lowest BCUT2D eigenvalue weighted by Gasteiger charge is -2.33. The molecule has 1 aliphatic rings. The number of primary amides is 1. The van der Waals surface area contributed by atoms with Gasteiger partial charge < -0.3 is 52.8 Å². The van der Waals surface area contributed by atoms with E-state index in [-0.39, 0.29) is 56.8 Å². The second-order valence-corrected chi connectivity index (χ2v) is 18.9. The Bertz CT molecular complexity index is 2240. The number of hydrogen-bond donors (Lipinski definition) is 9. The number of aliphatic hydroxyl groups excluding tert-OH is 1. The number of benzene rings is 3. The lowest BCUT2D eigenvalue weighted by molar-refractivity contribution is -0.135. The van der Waals surface area contributed by atoms with Crippen molar-refractivity contribution in [2.45, 2.75) is 135 Å². The Morgan fingerprint density at radius 3 is 1.78 bits per heavy atom. The molecule has 19 nitrogen and oxygen atoms in total. The minimum absolute atomic E-state index is 0.0776. The van der Waals surface area contributed by atoms with Crippen molar-refractivity contribution in [1.82, 2.24) is 42.1 Å². The number of hydrogen-bond acceptors (Lipinski definition) is 11. The third-order valence-electron chi connectivity index (χ3n) is 12.6. The standard InChI is InChI=1S/C53H75N9O10/c1-7-34(4)47(53(71)60-41(48(66)55-6)28-37-20-13-9-14-21-37)61-52(70)44-24-17-25-62(44)30-45(64)39(27-36-18-11-8-12-19-36)57-50(68)42(29-46(54)65)59-49(67)40(26-33(2)3)58-51(69)43(56-35(5)63)32-72-31-38-22-15-10-16-23-38/h8-16,18-23,33-34,39-45,47,64H,7,17,24-32H2,1-6H3,(H2,54,65)(H,55,66)(H,56,63)(H,57,68)(H,58,69)(H,59,67)(H,60,71)(H,61,70)/t34?,39-,40-,41-,42-,43-,44-,45?,47-/m0/s1. The van der Waals surface area contributed by atoms with E-state index in [1.165, 1.54) is 14.0 Å². The molecule has 4 rings (SSSR count). The smallest absolute Gasteiger partial charge is 0.245 e. The Labute approximate surface area is 422 Å². The van der Waals surface area contributed by atoms with Crippen LogP contribution >= 0.6 is 0 Å². The Balaban J connectivity index is 1.50. The highest BCUT2D eigenvalue weighted by Crippen LogP contribution is 2.21. The molecule has 3 aromatic carbocycles. The fourth-order valence-corrected chi connectivity index (χ4v) is 8.55. The van der Waals surface area contributed by atoms with Gasteiger partial charge in [-0.1, -0.05) is 125 Å². The predicted molar refractivity (Wildman–Crippen MR) is 271 cm³/mol. The summed E-state index contributed by atoms with van der Waals surface area (Å²) in [4.78, 5) is 109. The summed E-state index contributed by atoms with van der Waals surface area (Å²) in [5.41, 5.74) is 8.05. The number of rotatable bonds is 29. The first-order valence-corrected chi connectivity index (χ1v) is 24.8. The number of nitrogens with zero attached hydrogens (tertiary/aromatic N) is 1. The van der Waals surface area contributed by atoms with Crippen molar-refractivity contribution >= 4 is 47.3 Å². The molecule has 10 N–H and O–H groups in total. The van der Waals surface area contributed by atoms with Crippen LogP contribution in [-0.2, 0) is 62.5 Å². The lowest BCUT2D eigenvalue weighted by atomic mass is 9.96. The van der Waals surface area contributed by atoms with Gasteiger partial charge in [0.25, 0.3) is 0 Å². The van der Waals surface area contributed by atoms with Gasteiger partial charge in [-0.05, 0) is 60.8 Å². The van der Waals surface area contributed by atoms with Crippen LogP contribution in [0, 0.1) is 11.8 Å². The van der Waals surface area contributed by atoms with E-state index in [9.17, 15) is 43.5 Å². The minimum Gasteiger partial charge on any atom is -0.390 e. The summed E-state index contributed by atoms with van der Waals surface area (Å²) in [5.74, 6) is -5.50. The molecule has 3 aromatic rings. The van der Waals surface area contributed by atoms with Crippen LogP contribution in [0.4, 0.5) is 0 Å². The van der Waals surface area contributed by atoms with Crippen molar-refractivity contribution in [2.75, 3.05) is 26.7 Å². The van der Waals surface area contributed by atoms with Gasteiger partial charge >= 0.3 is 0 Å². The highest BCUT2D eigenvalue weighted by molar-refractivity contribution is 5.96. The maximum atomic E-state index is 14.2. The number of carbonyl (C=O) groups excluding carboxylic acids is 8. The second-order valence-electron chi connectivity index (χ2n) is 18.9. The van der Waals surface area contributed by atoms with E-state index in [1.54, 1.807) is 17.0 Å². The number of nitrogens with one attached hydrogen (secondary N) is 7. The summed E-state index contributed by atoms with van der Waals surface area (Å²) < 4.78 is 5.75. The molecule has 9 atom stereocenters. The predicted octanol–water partition coefficient (Wildman–Crippen LogP) is 1.16. The van der Waals surface area contributed by atoms with Crippen LogP contribution in [0.1, 0.15) is 83.4 Å². The molecule has 0 spiro atoms. The fraction of sp³-hybridized carbons (Fsp3) is 0.509. The summed E-state index contributed by atoms with van der Waals surface area (Å²) in [6.45, 7) is 8.94. The molecular formula is C53H75N9O10. The molecule has 0 bridgehead atoms. The van der Waals surface area contributed by atoms with Crippen molar-refractivity contribution in [3.63, 3.8) is 0 Å². The van der Waals surface area contributed by atoms with E-state index >= 15 is 0 Å². The van der Waals surface area contributed by atoms with Gasteiger partial charge in [0.1, 0.15) is 30.2 Å². The van der Waals surface area contributed by atoms with Gasteiger partial charge in [-0.15, -0.1) is 0 Å². The Kier molecular flexibility index (Phi) is 23.8. The molecule has 19 heteroatoms. The zero-order valence-corrected chi connectivity index (χ0v) is 42.4. The minimum atomic E-state index is -1.53. The summed E-state index contributed by atoms with van der Waals surface area (Å²) in [6, 6.07) is 20.0. The molecule has 392 valence electrons. The third-order valence-corrected chi connectivity index (χ3v) is 12.6.